The number of carbonyl (C=O) groups excluding carboxylic acids is 1. The minimum absolute atomic E-state index is 0.0831. The van der Waals surface area contributed by atoms with Crippen LogP contribution in [0.5, 0.6) is 0 Å². The number of nitrogens with zero attached hydrogens (tertiary/aromatic N) is 2. The van der Waals surface area contributed by atoms with Gasteiger partial charge in [-0.2, -0.15) is 5.26 Å². The van der Waals surface area contributed by atoms with Crippen LogP contribution in [-0.4, -0.2) is 10.5 Å². The molecule has 0 bridgehead atoms. The molecular weight excluding hydrogens is 270 g/mol. The van der Waals surface area contributed by atoms with E-state index >= 15 is 0 Å². The predicted octanol–water partition coefficient (Wildman–Crippen LogP) is 1.76. The summed E-state index contributed by atoms with van der Waals surface area (Å²) in [4.78, 5) is 10.9. The number of rotatable bonds is 2. The summed E-state index contributed by atoms with van der Waals surface area (Å²) in [6, 6.07) is 7.66. The number of carbonyl (C=O) groups is 1. The Balaban J connectivity index is 2.69. The van der Waals surface area contributed by atoms with Crippen LogP contribution in [0.25, 0.3) is 10.9 Å². The van der Waals surface area contributed by atoms with Crippen molar-refractivity contribution in [2.75, 3.05) is 0 Å². The highest BCUT2D eigenvalue weighted by Crippen LogP contribution is 2.24. The number of primary amides is 1. The van der Waals surface area contributed by atoms with Crippen LogP contribution in [0.1, 0.15) is 5.56 Å². The molecule has 0 aliphatic carbocycles. The molecule has 1 aromatic carbocycles. The Hall–Kier alpha value is -1.80. The number of fused-ring (bicyclic) bond motifs is 1. The van der Waals surface area contributed by atoms with Gasteiger partial charge >= 0.3 is 0 Å². The molecule has 0 saturated heterocycles. The maximum Gasteiger partial charge on any atom is 0.237 e. The zero-order chi connectivity index (χ0) is 11.7. The van der Waals surface area contributed by atoms with Crippen molar-refractivity contribution in [3.63, 3.8) is 0 Å². The van der Waals surface area contributed by atoms with Gasteiger partial charge < -0.3 is 10.3 Å². The molecule has 1 aromatic heterocycles. The van der Waals surface area contributed by atoms with Crippen molar-refractivity contribution in [3.05, 3.63) is 34.4 Å². The van der Waals surface area contributed by atoms with Gasteiger partial charge in [0, 0.05) is 21.6 Å². The van der Waals surface area contributed by atoms with Gasteiger partial charge in [0.1, 0.15) is 12.6 Å². The lowest BCUT2D eigenvalue weighted by Gasteiger charge is -2.01. The largest absolute Gasteiger partial charge is 0.368 e. The molecule has 4 nitrogen and oxygen atoms in total. The van der Waals surface area contributed by atoms with E-state index in [-0.39, 0.29) is 6.54 Å². The summed E-state index contributed by atoms with van der Waals surface area (Å²) in [7, 11) is 0. The quantitative estimate of drug-likeness (QED) is 0.909. The number of hydrogen-bond donors (Lipinski definition) is 1. The van der Waals surface area contributed by atoms with Crippen LogP contribution in [0.3, 0.4) is 0 Å². The number of benzene rings is 1. The highest BCUT2D eigenvalue weighted by atomic mass is 79.9. The smallest absolute Gasteiger partial charge is 0.237 e. The second-order valence-corrected chi connectivity index (χ2v) is 4.33. The topological polar surface area (TPSA) is 71.8 Å². The molecule has 0 atom stereocenters. The number of amides is 1. The van der Waals surface area contributed by atoms with Crippen LogP contribution >= 0.6 is 15.9 Å². The Morgan fingerprint density at radius 2 is 2.31 bits per heavy atom. The Bertz CT molecular complexity index is 609. The lowest BCUT2D eigenvalue weighted by molar-refractivity contribution is -0.118. The maximum absolute atomic E-state index is 10.9. The molecule has 0 aliphatic heterocycles. The van der Waals surface area contributed by atoms with Crippen molar-refractivity contribution >= 4 is 32.7 Å². The highest BCUT2D eigenvalue weighted by molar-refractivity contribution is 9.10. The summed E-state index contributed by atoms with van der Waals surface area (Å²) in [5, 5.41) is 9.80. The predicted molar refractivity (Wildman–Crippen MR) is 63.5 cm³/mol. The molecule has 80 valence electrons. The van der Waals surface area contributed by atoms with E-state index in [9.17, 15) is 4.79 Å². The third kappa shape index (κ3) is 1.79. The average Bonchev–Trinajstić information content (AvgIpc) is 2.55. The van der Waals surface area contributed by atoms with Gasteiger partial charge in [-0.15, -0.1) is 0 Å². The van der Waals surface area contributed by atoms with Crippen molar-refractivity contribution in [1.29, 1.82) is 5.26 Å². The maximum atomic E-state index is 10.9. The summed E-state index contributed by atoms with van der Waals surface area (Å²) >= 11 is 3.35. The molecule has 1 amide bonds. The molecule has 0 fully saturated rings. The molecule has 5 heteroatoms. The van der Waals surface area contributed by atoms with Gasteiger partial charge in [0.05, 0.1) is 5.56 Å². The number of hydrogen-bond acceptors (Lipinski definition) is 2. The monoisotopic (exact) mass is 277 g/mol. The highest BCUT2D eigenvalue weighted by Gasteiger charge is 2.09. The summed E-state index contributed by atoms with van der Waals surface area (Å²) in [5.41, 5.74) is 6.52. The fourth-order valence-electron chi connectivity index (χ4n) is 1.66. The van der Waals surface area contributed by atoms with E-state index < -0.39 is 5.91 Å². The Morgan fingerprint density at radius 3 is 2.94 bits per heavy atom. The lowest BCUT2D eigenvalue weighted by atomic mass is 10.2. The first-order valence-corrected chi connectivity index (χ1v) is 5.38. The molecule has 2 N–H and O–H groups in total. The second kappa shape index (κ2) is 3.99. The second-order valence-electron chi connectivity index (χ2n) is 3.41. The van der Waals surface area contributed by atoms with E-state index in [1.54, 1.807) is 10.8 Å². The van der Waals surface area contributed by atoms with E-state index in [0.29, 0.717) is 5.56 Å². The standard InChI is InChI=1S/C11H8BrN3O/c12-8-1-2-10-9(3-8)7(4-13)5-15(10)6-11(14)16/h1-3,5H,6H2,(H2,14,16). The minimum atomic E-state index is -0.427. The third-order valence-corrected chi connectivity index (χ3v) is 2.78. The minimum Gasteiger partial charge on any atom is -0.368 e. The summed E-state index contributed by atoms with van der Waals surface area (Å²) in [5.74, 6) is -0.427. The first-order valence-electron chi connectivity index (χ1n) is 4.58. The Labute approximate surface area is 100 Å². The SMILES string of the molecule is N#Cc1cn(CC(N)=O)c2ccc(Br)cc12. The van der Waals surface area contributed by atoms with Gasteiger partial charge in [0.2, 0.25) is 5.91 Å². The zero-order valence-corrected chi connectivity index (χ0v) is 9.86. The van der Waals surface area contributed by atoms with Crippen molar-refractivity contribution in [2.24, 2.45) is 5.73 Å². The van der Waals surface area contributed by atoms with E-state index in [0.717, 1.165) is 15.4 Å². The normalized spacial score (nSPS) is 10.2. The van der Waals surface area contributed by atoms with E-state index in [4.69, 9.17) is 11.0 Å². The van der Waals surface area contributed by atoms with Crippen LogP contribution in [0.2, 0.25) is 0 Å². The molecule has 0 unspecified atom stereocenters. The molecule has 0 saturated carbocycles. The van der Waals surface area contributed by atoms with E-state index in [2.05, 4.69) is 22.0 Å². The first-order chi connectivity index (χ1) is 7.61. The summed E-state index contributed by atoms with van der Waals surface area (Å²) < 4.78 is 2.58. The average molecular weight is 278 g/mol. The van der Waals surface area contributed by atoms with Gasteiger partial charge in [0.15, 0.2) is 0 Å². The molecule has 0 spiro atoms. The zero-order valence-electron chi connectivity index (χ0n) is 8.27. The Morgan fingerprint density at radius 1 is 1.56 bits per heavy atom. The molecule has 0 radical (unpaired) electrons. The lowest BCUT2D eigenvalue weighted by Crippen LogP contribution is -2.17. The molecule has 16 heavy (non-hydrogen) atoms. The van der Waals surface area contributed by atoms with Gasteiger partial charge in [0.25, 0.3) is 0 Å². The van der Waals surface area contributed by atoms with Crippen LogP contribution in [-0.2, 0) is 11.3 Å². The van der Waals surface area contributed by atoms with Gasteiger partial charge in [-0.25, -0.2) is 0 Å². The van der Waals surface area contributed by atoms with Crippen LogP contribution in [0.4, 0.5) is 0 Å². The number of aromatic nitrogens is 1. The summed E-state index contributed by atoms with van der Waals surface area (Å²) in [6.45, 7) is 0.0831. The molecule has 2 aromatic rings. The van der Waals surface area contributed by atoms with Crippen molar-refractivity contribution in [3.8, 4) is 6.07 Å². The molecule has 1 heterocycles. The molecular formula is C11H8BrN3O. The molecule has 2 rings (SSSR count). The van der Waals surface area contributed by atoms with Crippen LogP contribution < -0.4 is 5.73 Å². The van der Waals surface area contributed by atoms with Crippen LogP contribution in [0, 0.1) is 11.3 Å². The van der Waals surface area contributed by atoms with E-state index in [1.165, 1.54) is 0 Å². The van der Waals surface area contributed by atoms with Gasteiger partial charge in [-0.3, -0.25) is 4.79 Å². The number of halogens is 1. The Kier molecular flexibility index (Phi) is 2.67. The van der Waals surface area contributed by atoms with Crippen molar-refractivity contribution in [2.45, 2.75) is 6.54 Å². The van der Waals surface area contributed by atoms with E-state index in [1.807, 2.05) is 18.2 Å². The fourth-order valence-corrected chi connectivity index (χ4v) is 2.02. The van der Waals surface area contributed by atoms with Gasteiger partial charge in [-0.05, 0) is 18.2 Å². The van der Waals surface area contributed by atoms with Crippen LogP contribution in [0.15, 0.2) is 28.9 Å². The molecule has 0 aliphatic rings. The number of nitrogens with two attached hydrogens (primary N) is 1. The van der Waals surface area contributed by atoms with Gasteiger partial charge in [-0.1, -0.05) is 15.9 Å². The van der Waals surface area contributed by atoms with Crippen molar-refractivity contribution in [1.82, 2.24) is 4.57 Å². The summed E-state index contributed by atoms with van der Waals surface area (Å²) in [6.07, 6.45) is 1.64. The van der Waals surface area contributed by atoms with Crippen molar-refractivity contribution < 1.29 is 4.79 Å². The fraction of sp³-hybridized carbons (Fsp3) is 0.0909. The first kappa shape index (κ1) is 10.7. The third-order valence-electron chi connectivity index (χ3n) is 2.29. The number of nitriles is 1.